The third-order valence-corrected chi connectivity index (χ3v) is 2.11. The number of terminal acetylenes is 1. The summed E-state index contributed by atoms with van der Waals surface area (Å²) >= 11 is 0. The van der Waals surface area contributed by atoms with Crippen LogP contribution in [-0.4, -0.2) is 29.5 Å². The molecule has 0 radical (unpaired) electrons. The lowest BCUT2D eigenvalue weighted by Crippen LogP contribution is -2.33. The second-order valence-corrected chi connectivity index (χ2v) is 3.64. The molecule has 0 rings (SSSR count). The Labute approximate surface area is 96.0 Å². The van der Waals surface area contributed by atoms with Crippen molar-refractivity contribution in [2.24, 2.45) is 0 Å². The van der Waals surface area contributed by atoms with Crippen LogP contribution >= 0.6 is 0 Å². The zero-order chi connectivity index (χ0) is 12.6. The summed E-state index contributed by atoms with van der Waals surface area (Å²) < 4.78 is 0. The molecule has 0 aromatic carbocycles. The van der Waals surface area contributed by atoms with Crippen molar-refractivity contribution >= 4 is 17.6 Å². The van der Waals surface area contributed by atoms with E-state index in [-0.39, 0.29) is 18.1 Å². The predicted molar refractivity (Wildman–Crippen MR) is 60.4 cm³/mol. The summed E-state index contributed by atoms with van der Waals surface area (Å²) in [6.07, 6.45) is 7.23. The molecule has 88 valence electrons. The average Bonchev–Trinajstić information content (AvgIpc) is 2.22. The minimum absolute atomic E-state index is 0.216. The second kappa shape index (κ2) is 7.63. The largest absolute Gasteiger partial charge is 0.299 e. The number of carbonyl (C=O) groups excluding carboxylic acids is 3. The number of Topliss-reactive ketones (excluding diaryl/α,β-unsaturated/α-hetero) is 1. The fourth-order valence-corrected chi connectivity index (χ4v) is 1.14. The summed E-state index contributed by atoms with van der Waals surface area (Å²) in [6, 6.07) is 0. The fraction of sp³-hybridized carbons (Fsp3) is 0.583. The van der Waals surface area contributed by atoms with Crippen LogP contribution in [0.5, 0.6) is 0 Å². The van der Waals surface area contributed by atoms with Crippen LogP contribution in [0.25, 0.3) is 0 Å². The number of hydrogen-bond acceptors (Lipinski definition) is 3. The lowest BCUT2D eigenvalue weighted by atomic mass is 10.2. The molecular weight excluding hydrogens is 206 g/mol. The van der Waals surface area contributed by atoms with E-state index in [0.29, 0.717) is 19.3 Å². The van der Waals surface area contributed by atoms with Gasteiger partial charge in [-0.2, -0.15) is 0 Å². The number of amides is 2. The van der Waals surface area contributed by atoms with Crippen LogP contribution in [0.4, 0.5) is 0 Å². The molecule has 0 bridgehead atoms. The van der Waals surface area contributed by atoms with Gasteiger partial charge in [-0.15, -0.1) is 12.3 Å². The summed E-state index contributed by atoms with van der Waals surface area (Å²) in [5.41, 5.74) is 0. The molecular formula is C12H17NO3. The van der Waals surface area contributed by atoms with Gasteiger partial charge in [0.05, 0.1) is 6.42 Å². The van der Waals surface area contributed by atoms with Crippen molar-refractivity contribution in [1.82, 2.24) is 4.90 Å². The lowest BCUT2D eigenvalue weighted by Gasteiger charge is -2.14. The molecule has 0 saturated carbocycles. The van der Waals surface area contributed by atoms with Crippen molar-refractivity contribution < 1.29 is 14.4 Å². The summed E-state index contributed by atoms with van der Waals surface area (Å²) in [7, 11) is 1.40. The van der Waals surface area contributed by atoms with E-state index in [9.17, 15) is 14.4 Å². The highest BCUT2D eigenvalue weighted by molar-refractivity contribution is 6.03. The third-order valence-electron chi connectivity index (χ3n) is 2.11. The molecule has 0 saturated heterocycles. The Hall–Kier alpha value is -1.63. The Balaban J connectivity index is 3.94. The molecule has 0 aliphatic heterocycles. The topological polar surface area (TPSA) is 54.5 Å². The zero-order valence-electron chi connectivity index (χ0n) is 9.78. The SMILES string of the molecule is C#CCCCCC(=O)N(C)C(=O)CC(C)=O. The lowest BCUT2D eigenvalue weighted by molar-refractivity contribution is -0.144. The van der Waals surface area contributed by atoms with Gasteiger partial charge >= 0.3 is 0 Å². The van der Waals surface area contributed by atoms with Crippen LogP contribution in [0.3, 0.4) is 0 Å². The molecule has 16 heavy (non-hydrogen) atoms. The van der Waals surface area contributed by atoms with Crippen LogP contribution in [-0.2, 0) is 14.4 Å². The quantitative estimate of drug-likeness (QED) is 0.385. The third kappa shape index (κ3) is 5.97. The highest BCUT2D eigenvalue weighted by Crippen LogP contribution is 2.03. The molecule has 0 spiro atoms. The van der Waals surface area contributed by atoms with Crippen LogP contribution < -0.4 is 0 Å². The number of hydrogen-bond donors (Lipinski definition) is 0. The van der Waals surface area contributed by atoms with E-state index in [2.05, 4.69) is 5.92 Å². The van der Waals surface area contributed by atoms with Gasteiger partial charge in [-0.1, -0.05) is 0 Å². The first-order chi connectivity index (χ1) is 7.49. The summed E-state index contributed by atoms with van der Waals surface area (Å²) in [5.74, 6) is 1.53. The Kier molecular flexibility index (Phi) is 6.86. The summed E-state index contributed by atoms with van der Waals surface area (Å²) in [5, 5.41) is 0. The van der Waals surface area contributed by atoms with Gasteiger partial charge in [0.1, 0.15) is 5.78 Å². The molecule has 4 nitrogen and oxygen atoms in total. The van der Waals surface area contributed by atoms with Crippen molar-refractivity contribution in [1.29, 1.82) is 0 Å². The van der Waals surface area contributed by atoms with Crippen molar-refractivity contribution in [2.45, 2.75) is 39.0 Å². The van der Waals surface area contributed by atoms with Crippen molar-refractivity contribution in [2.75, 3.05) is 7.05 Å². The van der Waals surface area contributed by atoms with Gasteiger partial charge in [-0.25, -0.2) is 0 Å². The highest BCUT2D eigenvalue weighted by Gasteiger charge is 2.17. The molecule has 2 amide bonds. The van der Waals surface area contributed by atoms with Crippen molar-refractivity contribution in [3.8, 4) is 12.3 Å². The Morgan fingerprint density at radius 2 is 1.81 bits per heavy atom. The Morgan fingerprint density at radius 3 is 2.31 bits per heavy atom. The first-order valence-electron chi connectivity index (χ1n) is 5.21. The molecule has 0 fully saturated rings. The van der Waals surface area contributed by atoms with Gasteiger partial charge in [0.25, 0.3) is 0 Å². The van der Waals surface area contributed by atoms with Gasteiger partial charge < -0.3 is 0 Å². The summed E-state index contributed by atoms with van der Waals surface area (Å²) in [6.45, 7) is 1.32. The molecule has 0 unspecified atom stereocenters. The van der Waals surface area contributed by atoms with Gasteiger partial charge in [0.2, 0.25) is 11.8 Å². The number of imide groups is 1. The van der Waals surface area contributed by atoms with E-state index in [4.69, 9.17) is 6.42 Å². The highest BCUT2D eigenvalue weighted by atomic mass is 16.2. The van der Waals surface area contributed by atoms with Crippen LogP contribution in [0.1, 0.15) is 39.0 Å². The Morgan fingerprint density at radius 1 is 1.19 bits per heavy atom. The van der Waals surface area contributed by atoms with E-state index in [1.807, 2.05) is 0 Å². The normalized spacial score (nSPS) is 9.31. The smallest absolute Gasteiger partial charge is 0.236 e. The summed E-state index contributed by atoms with van der Waals surface area (Å²) in [4.78, 5) is 34.5. The second-order valence-electron chi connectivity index (χ2n) is 3.64. The number of rotatable bonds is 6. The van der Waals surface area contributed by atoms with Crippen LogP contribution in [0.2, 0.25) is 0 Å². The average molecular weight is 223 g/mol. The maximum Gasteiger partial charge on any atom is 0.236 e. The fourth-order valence-electron chi connectivity index (χ4n) is 1.14. The number of ketones is 1. The molecule has 0 aliphatic carbocycles. The molecule has 0 heterocycles. The van der Waals surface area contributed by atoms with Crippen molar-refractivity contribution in [3.63, 3.8) is 0 Å². The van der Waals surface area contributed by atoms with Crippen molar-refractivity contribution in [3.05, 3.63) is 0 Å². The number of unbranched alkanes of at least 4 members (excludes halogenated alkanes) is 2. The molecule has 0 aromatic heterocycles. The minimum Gasteiger partial charge on any atom is -0.299 e. The van der Waals surface area contributed by atoms with E-state index in [1.54, 1.807) is 0 Å². The zero-order valence-corrected chi connectivity index (χ0v) is 9.78. The molecule has 0 N–H and O–H groups in total. The van der Waals surface area contributed by atoms with E-state index >= 15 is 0 Å². The van der Waals surface area contributed by atoms with E-state index in [0.717, 1.165) is 11.3 Å². The molecule has 0 aliphatic rings. The standard InChI is InChI=1S/C12H17NO3/c1-4-5-6-7-8-11(15)13(3)12(16)9-10(2)14/h1H,5-9H2,2-3H3. The van der Waals surface area contributed by atoms with Gasteiger partial charge in [-0.05, 0) is 19.8 Å². The molecule has 0 aromatic rings. The van der Waals surface area contributed by atoms with Gasteiger partial charge in [0, 0.05) is 19.9 Å². The monoisotopic (exact) mass is 223 g/mol. The molecule has 0 atom stereocenters. The number of carbonyl (C=O) groups is 3. The van der Waals surface area contributed by atoms with Crippen LogP contribution in [0.15, 0.2) is 0 Å². The maximum atomic E-state index is 11.5. The number of nitrogens with zero attached hydrogens (tertiary/aromatic N) is 1. The minimum atomic E-state index is -0.450. The van der Waals surface area contributed by atoms with Gasteiger partial charge in [0.15, 0.2) is 0 Å². The molecule has 4 heteroatoms. The van der Waals surface area contributed by atoms with E-state index < -0.39 is 5.91 Å². The van der Waals surface area contributed by atoms with Crippen LogP contribution in [0, 0.1) is 12.3 Å². The maximum absolute atomic E-state index is 11.5. The van der Waals surface area contributed by atoms with Gasteiger partial charge in [-0.3, -0.25) is 19.3 Å². The first-order valence-corrected chi connectivity index (χ1v) is 5.21. The Bertz CT molecular complexity index is 315. The van der Waals surface area contributed by atoms with E-state index in [1.165, 1.54) is 14.0 Å². The predicted octanol–water partition coefficient (Wildman–Crippen LogP) is 1.14. The first kappa shape index (κ1) is 14.4.